The molecule has 1 heterocycles. The molecule has 3 amide bonds. The second kappa shape index (κ2) is 15.3. The number of benzene rings is 4. The van der Waals surface area contributed by atoms with Crippen LogP contribution in [0, 0.1) is 0 Å². The van der Waals surface area contributed by atoms with Gasteiger partial charge in [-0.2, -0.15) is 0 Å². The maximum Gasteiger partial charge on any atom is 0.272 e. The summed E-state index contributed by atoms with van der Waals surface area (Å²) in [6.45, 7) is 0. The summed E-state index contributed by atoms with van der Waals surface area (Å²) in [6, 6.07) is 33.9. The normalized spacial score (nSPS) is 11.0. The Labute approximate surface area is 270 Å². The number of anilines is 2. The molecule has 0 aliphatic rings. The summed E-state index contributed by atoms with van der Waals surface area (Å²) in [7, 11) is 3.09. The van der Waals surface area contributed by atoms with Gasteiger partial charge in [0.15, 0.2) is 0 Å². The summed E-state index contributed by atoms with van der Waals surface area (Å²) in [5.41, 5.74) is 2.37. The standard InChI is InChI=1S/C36H31N3O6S/c1-43-29-19-27(20-30(21-29)44-2)37-34(40)23-46-31-16-13-26(14-17-31)38-36(42)32(39-35(41)25-11-7-4-8-12-25)22-28-15-18-33(45-28)24-9-5-3-6-10-24/h3-22H,23H2,1-2H3,(H,37,40)(H,38,42)(H,39,41). The van der Waals surface area contributed by atoms with Crippen LogP contribution in [0.1, 0.15) is 16.1 Å². The Morgan fingerprint density at radius 3 is 2.04 bits per heavy atom. The first-order valence-electron chi connectivity index (χ1n) is 14.2. The van der Waals surface area contributed by atoms with E-state index in [0.29, 0.717) is 40.0 Å². The Morgan fingerprint density at radius 2 is 1.39 bits per heavy atom. The molecule has 5 aromatic rings. The number of nitrogens with one attached hydrogen (secondary N) is 3. The van der Waals surface area contributed by atoms with Crippen molar-refractivity contribution >= 4 is 46.9 Å². The molecule has 10 heteroatoms. The maximum absolute atomic E-state index is 13.4. The first-order valence-corrected chi connectivity index (χ1v) is 15.2. The van der Waals surface area contributed by atoms with Gasteiger partial charge in [0, 0.05) is 51.7 Å². The van der Waals surface area contributed by atoms with E-state index in [-0.39, 0.29) is 17.4 Å². The molecule has 0 radical (unpaired) electrons. The van der Waals surface area contributed by atoms with Gasteiger partial charge in [0.1, 0.15) is 28.7 Å². The van der Waals surface area contributed by atoms with Crippen LogP contribution in [0.15, 0.2) is 130 Å². The first kappa shape index (κ1) is 31.7. The summed E-state index contributed by atoms with van der Waals surface area (Å²) in [5, 5.41) is 8.39. The summed E-state index contributed by atoms with van der Waals surface area (Å²) in [6.07, 6.45) is 1.49. The highest BCUT2D eigenvalue weighted by molar-refractivity contribution is 8.00. The summed E-state index contributed by atoms with van der Waals surface area (Å²) >= 11 is 1.34. The Morgan fingerprint density at radius 1 is 0.739 bits per heavy atom. The molecule has 46 heavy (non-hydrogen) atoms. The Hall–Kier alpha value is -5.74. The summed E-state index contributed by atoms with van der Waals surface area (Å²) in [5.74, 6) is 1.16. The van der Waals surface area contributed by atoms with Gasteiger partial charge in [-0.05, 0) is 48.5 Å². The van der Waals surface area contributed by atoms with Gasteiger partial charge in [-0.15, -0.1) is 11.8 Å². The smallest absolute Gasteiger partial charge is 0.272 e. The lowest BCUT2D eigenvalue weighted by atomic mass is 10.2. The molecular weight excluding hydrogens is 602 g/mol. The van der Waals surface area contributed by atoms with E-state index in [1.807, 2.05) is 30.3 Å². The van der Waals surface area contributed by atoms with Crippen molar-refractivity contribution in [3.05, 3.63) is 132 Å². The van der Waals surface area contributed by atoms with E-state index < -0.39 is 11.8 Å². The number of rotatable bonds is 12. The number of carbonyl (C=O) groups excluding carboxylic acids is 3. The molecule has 0 saturated heterocycles. The highest BCUT2D eigenvalue weighted by Gasteiger charge is 2.17. The second-order valence-electron chi connectivity index (χ2n) is 9.86. The highest BCUT2D eigenvalue weighted by atomic mass is 32.2. The third-order valence-electron chi connectivity index (χ3n) is 6.62. The van der Waals surface area contributed by atoms with Gasteiger partial charge in [0.05, 0.1) is 20.0 Å². The van der Waals surface area contributed by atoms with E-state index in [1.54, 1.807) is 99.1 Å². The van der Waals surface area contributed by atoms with E-state index in [4.69, 9.17) is 13.9 Å². The molecule has 4 aromatic carbocycles. The van der Waals surface area contributed by atoms with Crippen molar-refractivity contribution < 1.29 is 28.3 Å². The molecule has 3 N–H and O–H groups in total. The van der Waals surface area contributed by atoms with E-state index in [1.165, 1.54) is 17.8 Å². The first-order chi connectivity index (χ1) is 22.4. The Balaban J connectivity index is 1.24. The Kier molecular flexibility index (Phi) is 10.5. The van der Waals surface area contributed by atoms with Crippen molar-refractivity contribution in [1.82, 2.24) is 5.32 Å². The molecule has 0 unspecified atom stereocenters. The minimum Gasteiger partial charge on any atom is -0.497 e. The van der Waals surface area contributed by atoms with Crippen molar-refractivity contribution in [2.45, 2.75) is 4.90 Å². The van der Waals surface area contributed by atoms with Crippen LogP contribution >= 0.6 is 11.8 Å². The summed E-state index contributed by atoms with van der Waals surface area (Å²) < 4.78 is 16.5. The van der Waals surface area contributed by atoms with Gasteiger partial charge in [0.2, 0.25) is 5.91 Å². The molecule has 0 atom stereocenters. The fourth-order valence-electron chi connectivity index (χ4n) is 4.33. The lowest BCUT2D eigenvalue weighted by Crippen LogP contribution is -2.30. The zero-order valence-corrected chi connectivity index (χ0v) is 25.9. The number of ether oxygens (including phenoxy) is 2. The number of carbonyl (C=O) groups is 3. The van der Waals surface area contributed by atoms with Crippen molar-refractivity contribution in [3.8, 4) is 22.8 Å². The zero-order valence-electron chi connectivity index (χ0n) is 25.1. The molecule has 232 valence electrons. The second-order valence-corrected chi connectivity index (χ2v) is 10.9. The number of furan rings is 1. The number of hydrogen-bond donors (Lipinski definition) is 3. The van der Waals surface area contributed by atoms with Crippen LogP contribution in [0.3, 0.4) is 0 Å². The topological polar surface area (TPSA) is 119 Å². The number of thioether (sulfide) groups is 1. The maximum atomic E-state index is 13.4. The third-order valence-corrected chi connectivity index (χ3v) is 7.63. The van der Waals surface area contributed by atoms with Crippen LogP contribution < -0.4 is 25.4 Å². The summed E-state index contributed by atoms with van der Waals surface area (Å²) in [4.78, 5) is 39.8. The number of methoxy groups -OCH3 is 2. The van der Waals surface area contributed by atoms with Crippen molar-refractivity contribution in [2.75, 3.05) is 30.6 Å². The highest BCUT2D eigenvalue weighted by Crippen LogP contribution is 2.27. The van der Waals surface area contributed by atoms with Crippen LogP contribution in [0.5, 0.6) is 11.5 Å². The molecule has 5 rings (SSSR count). The van der Waals surface area contributed by atoms with Gasteiger partial charge in [-0.3, -0.25) is 14.4 Å². The van der Waals surface area contributed by atoms with Crippen molar-refractivity contribution in [2.24, 2.45) is 0 Å². The van der Waals surface area contributed by atoms with Crippen LogP contribution in [0.25, 0.3) is 17.4 Å². The van der Waals surface area contributed by atoms with Crippen molar-refractivity contribution in [3.63, 3.8) is 0 Å². The molecule has 0 spiro atoms. The zero-order chi connectivity index (χ0) is 32.3. The number of hydrogen-bond acceptors (Lipinski definition) is 7. The fraction of sp³-hybridized carbons (Fsp3) is 0.0833. The molecule has 0 bridgehead atoms. The lowest BCUT2D eigenvalue weighted by Gasteiger charge is -2.12. The van der Waals surface area contributed by atoms with Gasteiger partial charge in [-0.25, -0.2) is 0 Å². The average Bonchev–Trinajstić information content (AvgIpc) is 3.56. The van der Waals surface area contributed by atoms with Gasteiger partial charge in [0.25, 0.3) is 11.8 Å². The predicted molar refractivity (Wildman–Crippen MR) is 180 cm³/mol. The predicted octanol–water partition coefficient (Wildman–Crippen LogP) is 7.10. The Bertz CT molecular complexity index is 1810. The van der Waals surface area contributed by atoms with Gasteiger partial charge < -0.3 is 29.8 Å². The van der Waals surface area contributed by atoms with Gasteiger partial charge >= 0.3 is 0 Å². The van der Waals surface area contributed by atoms with E-state index >= 15 is 0 Å². The van der Waals surface area contributed by atoms with E-state index in [9.17, 15) is 14.4 Å². The molecule has 0 fully saturated rings. The van der Waals surface area contributed by atoms with Crippen LogP contribution in [0.4, 0.5) is 11.4 Å². The van der Waals surface area contributed by atoms with Crippen LogP contribution in [0.2, 0.25) is 0 Å². The van der Waals surface area contributed by atoms with E-state index in [2.05, 4.69) is 16.0 Å². The van der Waals surface area contributed by atoms with E-state index in [0.717, 1.165) is 10.5 Å². The van der Waals surface area contributed by atoms with Crippen LogP contribution in [-0.4, -0.2) is 37.7 Å². The molecule has 1 aromatic heterocycles. The average molecular weight is 634 g/mol. The molecular formula is C36H31N3O6S. The molecule has 0 aliphatic heterocycles. The lowest BCUT2D eigenvalue weighted by molar-refractivity contribution is -0.114. The molecule has 9 nitrogen and oxygen atoms in total. The largest absolute Gasteiger partial charge is 0.497 e. The minimum absolute atomic E-state index is 0.00658. The number of amides is 3. The fourth-order valence-corrected chi connectivity index (χ4v) is 5.03. The van der Waals surface area contributed by atoms with Gasteiger partial charge in [-0.1, -0.05) is 48.5 Å². The van der Waals surface area contributed by atoms with Crippen molar-refractivity contribution in [1.29, 1.82) is 0 Å². The quantitative estimate of drug-likeness (QED) is 0.0990. The minimum atomic E-state index is -0.532. The SMILES string of the molecule is COc1cc(NC(=O)CSc2ccc(NC(=O)C(=Cc3ccc(-c4ccccc4)o3)NC(=O)c3ccccc3)cc2)cc(OC)c1. The molecule has 0 aliphatic carbocycles. The molecule has 0 saturated carbocycles. The van der Waals surface area contributed by atoms with Crippen LogP contribution in [-0.2, 0) is 9.59 Å². The third kappa shape index (κ3) is 8.67. The monoisotopic (exact) mass is 633 g/mol.